The van der Waals surface area contributed by atoms with Crippen LogP contribution in [0, 0.1) is 18.2 Å². The van der Waals surface area contributed by atoms with Crippen molar-refractivity contribution in [1.29, 1.82) is 0 Å². The maximum Gasteiger partial charge on any atom is 0.313 e. The van der Waals surface area contributed by atoms with Gasteiger partial charge >= 0.3 is 5.97 Å². The molecule has 0 N–H and O–H groups in total. The molecule has 2 nitrogen and oxygen atoms in total. The molecular weight excluding hydrogens is 343 g/mol. The second-order valence-corrected chi connectivity index (χ2v) is 6.15. The van der Waals surface area contributed by atoms with Gasteiger partial charge in [-0.05, 0) is 34.2 Å². The fraction of sp³-hybridized carbons (Fsp3) is 0.400. The van der Waals surface area contributed by atoms with Crippen molar-refractivity contribution in [2.24, 2.45) is 0 Å². The Labute approximate surface area is 131 Å². The van der Waals surface area contributed by atoms with Crippen LogP contribution in [0.1, 0.15) is 24.3 Å². The van der Waals surface area contributed by atoms with Crippen molar-refractivity contribution in [2.75, 3.05) is 18.6 Å². The van der Waals surface area contributed by atoms with Crippen molar-refractivity contribution < 1.29 is 13.9 Å². The zero-order chi connectivity index (χ0) is 15.0. The molecule has 1 unspecified atom stereocenters. The number of halogens is 2. The number of hydrogen-bond donors (Lipinski definition) is 0. The summed E-state index contributed by atoms with van der Waals surface area (Å²) in [6.07, 6.45) is 6.39. The predicted octanol–water partition coefficient (Wildman–Crippen LogP) is 3.99. The van der Waals surface area contributed by atoms with Crippen molar-refractivity contribution in [3.8, 4) is 12.3 Å². The van der Waals surface area contributed by atoms with Crippen LogP contribution < -0.4 is 0 Å². The van der Waals surface area contributed by atoms with Crippen LogP contribution in [-0.2, 0) is 9.53 Å². The average molecular weight is 359 g/mol. The van der Waals surface area contributed by atoms with Crippen molar-refractivity contribution in [2.45, 2.75) is 18.8 Å². The van der Waals surface area contributed by atoms with Crippen LogP contribution in [0.3, 0.4) is 0 Å². The molecule has 108 valence electrons. The van der Waals surface area contributed by atoms with E-state index in [1.165, 1.54) is 7.11 Å². The molecule has 0 heterocycles. The molecule has 0 aliphatic rings. The lowest BCUT2D eigenvalue weighted by atomic mass is 9.96. The second kappa shape index (κ2) is 9.04. The molecule has 0 aromatic heterocycles. The summed E-state index contributed by atoms with van der Waals surface area (Å²) in [5, 5.41) is 0. The molecule has 0 aliphatic carbocycles. The van der Waals surface area contributed by atoms with E-state index >= 15 is 0 Å². The number of carbonyl (C=O) groups is 1. The van der Waals surface area contributed by atoms with Gasteiger partial charge in [0.25, 0.3) is 0 Å². The monoisotopic (exact) mass is 358 g/mol. The lowest BCUT2D eigenvalue weighted by Crippen LogP contribution is -2.16. The highest BCUT2D eigenvalue weighted by atomic mass is 79.9. The highest BCUT2D eigenvalue weighted by Crippen LogP contribution is 2.29. The van der Waals surface area contributed by atoms with E-state index in [9.17, 15) is 9.18 Å². The first-order chi connectivity index (χ1) is 9.61. The second-order valence-electron chi connectivity index (χ2n) is 4.07. The predicted molar refractivity (Wildman–Crippen MR) is 84.2 cm³/mol. The van der Waals surface area contributed by atoms with Crippen molar-refractivity contribution in [1.82, 2.24) is 0 Å². The number of carbonyl (C=O) groups excluding carboxylic acids is 1. The fourth-order valence-corrected chi connectivity index (χ4v) is 3.02. The Balaban J connectivity index is 2.77. The largest absolute Gasteiger partial charge is 0.469 e. The molecule has 1 rings (SSSR count). The topological polar surface area (TPSA) is 26.3 Å². The van der Waals surface area contributed by atoms with Crippen LogP contribution in [0.5, 0.6) is 0 Å². The lowest BCUT2D eigenvalue weighted by Gasteiger charge is -2.16. The van der Waals surface area contributed by atoms with Gasteiger partial charge in [-0.25, -0.2) is 4.39 Å². The molecule has 1 aromatic carbocycles. The SMILES string of the molecule is C#CCCSCCC(C(=O)OC)c1cccc(Br)c1F. The number of esters is 1. The summed E-state index contributed by atoms with van der Waals surface area (Å²) in [5.74, 6) is 2.72. The first-order valence-electron chi connectivity index (χ1n) is 6.14. The van der Waals surface area contributed by atoms with Gasteiger partial charge in [-0.2, -0.15) is 11.8 Å². The maximum atomic E-state index is 14.1. The van der Waals surface area contributed by atoms with Gasteiger partial charge in [0.1, 0.15) is 5.82 Å². The van der Waals surface area contributed by atoms with Crippen LogP contribution in [0.4, 0.5) is 4.39 Å². The van der Waals surface area contributed by atoms with E-state index in [0.717, 1.165) is 11.5 Å². The zero-order valence-electron chi connectivity index (χ0n) is 11.2. The molecule has 0 fully saturated rings. The zero-order valence-corrected chi connectivity index (χ0v) is 13.6. The number of benzene rings is 1. The molecule has 0 spiro atoms. The van der Waals surface area contributed by atoms with Gasteiger partial charge in [-0.15, -0.1) is 12.3 Å². The summed E-state index contributed by atoms with van der Waals surface area (Å²) in [6.45, 7) is 0. The molecular formula is C15H16BrFO2S. The fourth-order valence-electron chi connectivity index (χ4n) is 1.77. The van der Waals surface area contributed by atoms with E-state index in [-0.39, 0.29) is 0 Å². The minimum absolute atomic E-state index is 0.351. The average Bonchev–Trinajstić information content (AvgIpc) is 2.46. The Morgan fingerprint density at radius 1 is 1.55 bits per heavy atom. The third-order valence-electron chi connectivity index (χ3n) is 2.78. The van der Waals surface area contributed by atoms with Crippen molar-refractivity contribution in [3.63, 3.8) is 0 Å². The smallest absolute Gasteiger partial charge is 0.313 e. The van der Waals surface area contributed by atoms with Crippen LogP contribution in [0.25, 0.3) is 0 Å². The Hall–Kier alpha value is -0.990. The van der Waals surface area contributed by atoms with Crippen LogP contribution in [0.2, 0.25) is 0 Å². The Kier molecular flexibility index (Phi) is 7.71. The summed E-state index contributed by atoms with van der Waals surface area (Å²) in [4.78, 5) is 11.9. The van der Waals surface area contributed by atoms with E-state index in [1.54, 1.807) is 30.0 Å². The molecule has 1 aromatic rings. The van der Waals surface area contributed by atoms with Gasteiger partial charge < -0.3 is 4.74 Å². The number of rotatable bonds is 7. The quantitative estimate of drug-likeness (QED) is 0.418. The van der Waals surface area contributed by atoms with Gasteiger partial charge in [-0.1, -0.05) is 12.1 Å². The van der Waals surface area contributed by atoms with Gasteiger partial charge in [0, 0.05) is 17.7 Å². The van der Waals surface area contributed by atoms with Gasteiger partial charge in [-0.3, -0.25) is 4.79 Å². The summed E-state index contributed by atoms with van der Waals surface area (Å²) >= 11 is 4.79. The highest BCUT2D eigenvalue weighted by Gasteiger charge is 2.25. The molecule has 20 heavy (non-hydrogen) atoms. The first kappa shape index (κ1) is 17.1. The third-order valence-corrected chi connectivity index (χ3v) is 4.41. The third kappa shape index (κ3) is 4.84. The first-order valence-corrected chi connectivity index (χ1v) is 8.09. The molecule has 0 bridgehead atoms. The maximum absolute atomic E-state index is 14.1. The molecule has 0 saturated heterocycles. The molecule has 5 heteroatoms. The number of ether oxygens (including phenoxy) is 1. The standard InChI is InChI=1S/C15H16BrFO2S/c1-3-4-9-20-10-8-12(15(18)19-2)11-6-5-7-13(16)14(11)17/h1,5-7,12H,4,8-10H2,2H3. The Bertz CT molecular complexity index is 499. The number of hydrogen-bond acceptors (Lipinski definition) is 3. The van der Waals surface area contributed by atoms with E-state index in [1.807, 2.05) is 0 Å². The normalized spacial score (nSPS) is 11.7. The molecule has 1 atom stereocenters. The lowest BCUT2D eigenvalue weighted by molar-refractivity contribution is -0.142. The van der Waals surface area contributed by atoms with E-state index in [2.05, 4.69) is 21.9 Å². The summed E-state index contributed by atoms with van der Waals surface area (Å²) in [6, 6.07) is 4.94. The minimum Gasteiger partial charge on any atom is -0.469 e. The van der Waals surface area contributed by atoms with Crippen LogP contribution in [0.15, 0.2) is 22.7 Å². The van der Waals surface area contributed by atoms with Crippen molar-refractivity contribution in [3.05, 3.63) is 34.1 Å². The van der Waals surface area contributed by atoms with E-state index in [4.69, 9.17) is 11.2 Å². The van der Waals surface area contributed by atoms with Gasteiger partial charge in [0.05, 0.1) is 17.5 Å². The van der Waals surface area contributed by atoms with Gasteiger partial charge in [0.15, 0.2) is 0 Å². The molecule has 0 amide bonds. The number of methoxy groups -OCH3 is 1. The summed E-state index contributed by atoms with van der Waals surface area (Å²) in [5.41, 5.74) is 0.365. The minimum atomic E-state index is -0.587. The molecule has 0 radical (unpaired) electrons. The van der Waals surface area contributed by atoms with Crippen LogP contribution in [-0.4, -0.2) is 24.6 Å². The number of terminal acetylenes is 1. The van der Waals surface area contributed by atoms with E-state index < -0.39 is 17.7 Å². The van der Waals surface area contributed by atoms with E-state index in [0.29, 0.717) is 22.9 Å². The molecule has 0 aliphatic heterocycles. The van der Waals surface area contributed by atoms with Crippen molar-refractivity contribution >= 4 is 33.7 Å². The van der Waals surface area contributed by atoms with Crippen LogP contribution >= 0.6 is 27.7 Å². The Morgan fingerprint density at radius 3 is 2.95 bits per heavy atom. The Morgan fingerprint density at radius 2 is 2.30 bits per heavy atom. The number of thioether (sulfide) groups is 1. The highest BCUT2D eigenvalue weighted by molar-refractivity contribution is 9.10. The summed E-state index contributed by atoms with van der Waals surface area (Å²) < 4.78 is 19.2. The van der Waals surface area contributed by atoms with Gasteiger partial charge in [0.2, 0.25) is 0 Å². The summed E-state index contributed by atoms with van der Waals surface area (Å²) in [7, 11) is 1.32. The molecule has 0 saturated carbocycles.